The Bertz CT molecular complexity index is 1310. The SMILES string of the molecule is COc1cccc2cc(C(=O)N3CC(c4nc(-c5cccc(C(F)(F)F)c5)no4)C3)oc12. The number of benzene rings is 2. The molecule has 1 amide bonds. The molecule has 1 aliphatic heterocycles. The fraction of sp³-hybridized carbons (Fsp3) is 0.227. The topological polar surface area (TPSA) is 81.6 Å². The summed E-state index contributed by atoms with van der Waals surface area (Å²) < 4.78 is 55.0. The molecule has 2 aromatic heterocycles. The number of aromatic nitrogens is 2. The van der Waals surface area contributed by atoms with Crippen LogP contribution >= 0.6 is 0 Å². The van der Waals surface area contributed by atoms with Crippen LogP contribution in [0.1, 0.15) is 27.9 Å². The molecule has 0 aliphatic carbocycles. The zero-order chi connectivity index (χ0) is 22.5. The molecule has 0 radical (unpaired) electrons. The minimum atomic E-state index is -4.46. The lowest BCUT2D eigenvalue weighted by Gasteiger charge is -2.36. The monoisotopic (exact) mass is 443 g/mol. The molecule has 1 saturated heterocycles. The molecule has 5 rings (SSSR count). The van der Waals surface area contributed by atoms with E-state index in [1.165, 1.54) is 19.2 Å². The summed E-state index contributed by atoms with van der Waals surface area (Å²) >= 11 is 0. The highest BCUT2D eigenvalue weighted by Gasteiger charge is 2.37. The lowest BCUT2D eigenvalue weighted by molar-refractivity contribution is -0.137. The van der Waals surface area contributed by atoms with Gasteiger partial charge in [0.2, 0.25) is 11.7 Å². The number of amides is 1. The summed E-state index contributed by atoms with van der Waals surface area (Å²) in [6.45, 7) is 0.661. The molecule has 10 heteroatoms. The molecule has 4 aromatic rings. The average Bonchev–Trinajstić information content (AvgIpc) is 3.39. The summed E-state index contributed by atoms with van der Waals surface area (Å²) in [5.41, 5.74) is -0.0828. The van der Waals surface area contributed by atoms with Crippen molar-refractivity contribution >= 4 is 16.9 Å². The number of furan rings is 1. The predicted octanol–water partition coefficient (Wildman–Crippen LogP) is 4.75. The van der Waals surface area contributed by atoms with Crippen LogP contribution in [-0.2, 0) is 6.18 Å². The molecule has 3 heterocycles. The van der Waals surface area contributed by atoms with Gasteiger partial charge in [0, 0.05) is 24.0 Å². The van der Waals surface area contributed by atoms with E-state index >= 15 is 0 Å². The number of hydrogen-bond acceptors (Lipinski definition) is 6. The maximum absolute atomic E-state index is 12.9. The van der Waals surface area contributed by atoms with Gasteiger partial charge in [-0.2, -0.15) is 18.2 Å². The number of ether oxygens (including phenoxy) is 1. The molecule has 0 N–H and O–H groups in total. The second-order valence-corrected chi connectivity index (χ2v) is 7.43. The van der Waals surface area contributed by atoms with Gasteiger partial charge in [-0.15, -0.1) is 0 Å². The molecule has 0 unspecified atom stereocenters. The van der Waals surface area contributed by atoms with E-state index in [-0.39, 0.29) is 34.9 Å². The Kier molecular flexibility index (Phi) is 4.65. The van der Waals surface area contributed by atoms with E-state index in [0.717, 1.165) is 17.5 Å². The van der Waals surface area contributed by atoms with Crippen molar-refractivity contribution in [2.24, 2.45) is 0 Å². The van der Waals surface area contributed by atoms with Crippen LogP contribution in [0.4, 0.5) is 13.2 Å². The predicted molar refractivity (Wildman–Crippen MR) is 106 cm³/mol. The van der Waals surface area contributed by atoms with Gasteiger partial charge in [0.15, 0.2) is 17.1 Å². The number of hydrogen-bond donors (Lipinski definition) is 0. The molecule has 0 saturated carbocycles. The van der Waals surface area contributed by atoms with Crippen molar-refractivity contribution < 1.29 is 31.6 Å². The number of rotatable bonds is 4. The molecule has 1 aliphatic rings. The smallest absolute Gasteiger partial charge is 0.416 e. The van der Waals surface area contributed by atoms with Crippen LogP contribution in [-0.4, -0.2) is 41.1 Å². The largest absolute Gasteiger partial charge is 0.493 e. The molecular formula is C22H16F3N3O4. The van der Waals surface area contributed by atoms with Gasteiger partial charge < -0.3 is 18.6 Å². The maximum atomic E-state index is 12.9. The van der Waals surface area contributed by atoms with E-state index in [4.69, 9.17) is 13.7 Å². The highest BCUT2D eigenvalue weighted by molar-refractivity contribution is 5.97. The van der Waals surface area contributed by atoms with E-state index < -0.39 is 11.7 Å². The first-order valence-corrected chi connectivity index (χ1v) is 9.70. The van der Waals surface area contributed by atoms with Gasteiger partial charge in [0.1, 0.15) is 0 Å². The number of carbonyl (C=O) groups excluding carboxylic acids is 1. The van der Waals surface area contributed by atoms with Crippen molar-refractivity contribution in [1.29, 1.82) is 0 Å². The number of fused-ring (bicyclic) bond motifs is 1. The van der Waals surface area contributed by atoms with Crippen LogP contribution in [0.5, 0.6) is 5.75 Å². The van der Waals surface area contributed by atoms with E-state index in [2.05, 4.69) is 10.1 Å². The quantitative estimate of drug-likeness (QED) is 0.453. The molecule has 0 spiro atoms. The van der Waals surface area contributed by atoms with Gasteiger partial charge in [-0.05, 0) is 24.3 Å². The third kappa shape index (κ3) is 3.47. The number of para-hydroxylation sites is 1. The average molecular weight is 443 g/mol. The molecule has 2 aromatic carbocycles. The van der Waals surface area contributed by atoms with Gasteiger partial charge in [-0.3, -0.25) is 4.79 Å². The zero-order valence-corrected chi connectivity index (χ0v) is 16.7. The van der Waals surface area contributed by atoms with Crippen LogP contribution in [0, 0.1) is 0 Å². The third-order valence-corrected chi connectivity index (χ3v) is 5.35. The Morgan fingerprint density at radius 3 is 2.69 bits per heavy atom. The van der Waals surface area contributed by atoms with Crippen LogP contribution in [0.3, 0.4) is 0 Å². The van der Waals surface area contributed by atoms with E-state index in [9.17, 15) is 18.0 Å². The van der Waals surface area contributed by atoms with Crippen molar-refractivity contribution in [3.05, 3.63) is 65.7 Å². The van der Waals surface area contributed by atoms with Crippen LogP contribution in [0.25, 0.3) is 22.4 Å². The van der Waals surface area contributed by atoms with Gasteiger partial charge in [0.05, 0.1) is 18.6 Å². The van der Waals surface area contributed by atoms with Gasteiger partial charge >= 0.3 is 6.18 Å². The summed E-state index contributed by atoms with van der Waals surface area (Å²) in [6.07, 6.45) is -4.46. The van der Waals surface area contributed by atoms with Gasteiger partial charge in [-0.1, -0.05) is 29.4 Å². The number of nitrogens with zero attached hydrogens (tertiary/aromatic N) is 3. The summed E-state index contributed by atoms with van der Waals surface area (Å²) in [5.74, 6) is 0.587. The minimum absolute atomic E-state index is 0.0697. The highest BCUT2D eigenvalue weighted by Crippen LogP contribution is 2.34. The molecule has 32 heavy (non-hydrogen) atoms. The highest BCUT2D eigenvalue weighted by atomic mass is 19.4. The minimum Gasteiger partial charge on any atom is -0.493 e. The van der Waals surface area contributed by atoms with Crippen molar-refractivity contribution in [3.63, 3.8) is 0 Å². The molecule has 1 fully saturated rings. The summed E-state index contributed by atoms with van der Waals surface area (Å²) in [5, 5.41) is 4.56. The lowest BCUT2D eigenvalue weighted by atomic mass is 9.99. The number of alkyl halides is 3. The Hall–Kier alpha value is -3.82. The second-order valence-electron chi connectivity index (χ2n) is 7.43. The number of halogens is 3. The fourth-order valence-electron chi connectivity index (χ4n) is 3.61. The normalized spacial score (nSPS) is 14.6. The number of likely N-dealkylation sites (tertiary alicyclic amines) is 1. The number of methoxy groups -OCH3 is 1. The molecule has 7 nitrogen and oxygen atoms in total. The Morgan fingerprint density at radius 2 is 1.94 bits per heavy atom. The van der Waals surface area contributed by atoms with Crippen molar-refractivity contribution in [1.82, 2.24) is 15.0 Å². The molecule has 0 atom stereocenters. The lowest BCUT2D eigenvalue weighted by Crippen LogP contribution is -2.48. The second kappa shape index (κ2) is 7.40. The number of carbonyl (C=O) groups is 1. The van der Waals surface area contributed by atoms with Gasteiger partial charge in [0.25, 0.3) is 5.91 Å². The zero-order valence-electron chi connectivity index (χ0n) is 16.7. The standard InChI is InChI=1S/C22H16F3N3O4/c1-30-16-7-3-4-12-9-17(31-18(12)16)21(29)28-10-14(11-28)20-26-19(27-32-20)13-5-2-6-15(8-13)22(23,24)25/h2-9,14H,10-11H2,1H3. The van der Waals surface area contributed by atoms with E-state index in [0.29, 0.717) is 24.4 Å². The third-order valence-electron chi connectivity index (χ3n) is 5.35. The van der Waals surface area contributed by atoms with Crippen LogP contribution in [0.15, 0.2) is 57.5 Å². The Balaban J connectivity index is 1.28. The first kappa shape index (κ1) is 20.1. The van der Waals surface area contributed by atoms with E-state index in [1.54, 1.807) is 17.0 Å². The first-order chi connectivity index (χ1) is 15.3. The van der Waals surface area contributed by atoms with Gasteiger partial charge in [-0.25, -0.2) is 0 Å². The Morgan fingerprint density at radius 1 is 1.16 bits per heavy atom. The van der Waals surface area contributed by atoms with Crippen molar-refractivity contribution in [3.8, 4) is 17.1 Å². The first-order valence-electron chi connectivity index (χ1n) is 9.70. The van der Waals surface area contributed by atoms with Crippen LogP contribution < -0.4 is 4.74 Å². The van der Waals surface area contributed by atoms with Crippen LogP contribution in [0.2, 0.25) is 0 Å². The summed E-state index contributed by atoms with van der Waals surface area (Å²) in [4.78, 5) is 18.5. The van der Waals surface area contributed by atoms with E-state index in [1.807, 2.05) is 12.1 Å². The molecular weight excluding hydrogens is 427 g/mol. The Labute approximate surface area is 179 Å². The molecule has 164 valence electrons. The maximum Gasteiger partial charge on any atom is 0.416 e. The summed E-state index contributed by atoms with van der Waals surface area (Å²) in [7, 11) is 1.52. The summed E-state index contributed by atoms with van der Waals surface area (Å²) in [6, 6.07) is 11.8. The molecule has 0 bridgehead atoms. The van der Waals surface area contributed by atoms with Crippen molar-refractivity contribution in [2.45, 2.75) is 12.1 Å². The fourth-order valence-corrected chi connectivity index (χ4v) is 3.61. The van der Waals surface area contributed by atoms with Crippen molar-refractivity contribution in [2.75, 3.05) is 20.2 Å².